The van der Waals surface area contributed by atoms with Crippen molar-refractivity contribution in [2.75, 3.05) is 33.7 Å². The van der Waals surface area contributed by atoms with Gasteiger partial charge in [-0.1, -0.05) is 24.4 Å². The van der Waals surface area contributed by atoms with Crippen LogP contribution in [-0.4, -0.2) is 61.1 Å². The lowest BCUT2D eigenvalue weighted by atomic mass is 10.1. The minimum atomic E-state index is -0.313. The average molecular weight is 442 g/mol. The summed E-state index contributed by atoms with van der Waals surface area (Å²) in [5.74, 6) is -0.609. The summed E-state index contributed by atoms with van der Waals surface area (Å²) in [5.41, 5.74) is 3.10. The van der Waals surface area contributed by atoms with E-state index in [4.69, 9.17) is 0 Å². The fourth-order valence-electron chi connectivity index (χ4n) is 2.99. The Morgan fingerprint density at radius 1 is 1.29 bits per heavy atom. The van der Waals surface area contributed by atoms with Crippen molar-refractivity contribution in [3.05, 3.63) is 58.9 Å². The van der Waals surface area contributed by atoms with Gasteiger partial charge in [-0.05, 0) is 63.4 Å². The lowest BCUT2D eigenvalue weighted by molar-refractivity contribution is -0.116. The van der Waals surface area contributed by atoms with Crippen molar-refractivity contribution >= 4 is 34.2 Å². The number of pyridine rings is 1. The highest BCUT2D eigenvalue weighted by molar-refractivity contribution is 8.10. The fourth-order valence-corrected chi connectivity index (χ4v) is 3.68. The molecule has 2 heterocycles. The predicted molar refractivity (Wildman–Crippen MR) is 129 cm³/mol. The van der Waals surface area contributed by atoms with E-state index >= 15 is 0 Å². The lowest BCUT2D eigenvalue weighted by Gasteiger charge is -2.17. The summed E-state index contributed by atoms with van der Waals surface area (Å²) in [5, 5.41) is 7.43. The second-order valence-electron chi connectivity index (χ2n) is 7.27. The largest absolute Gasteiger partial charge is 0.349 e. The summed E-state index contributed by atoms with van der Waals surface area (Å²) in [6, 6.07) is 3.98. The molecule has 1 aromatic rings. The number of fused-ring (bicyclic) bond motifs is 2. The number of nitrogens with zero attached hydrogens (tertiary/aromatic N) is 3. The Kier molecular flexibility index (Phi) is 9.68. The third-order valence-electron chi connectivity index (χ3n) is 4.86. The van der Waals surface area contributed by atoms with Gasteiger partial charge >= 0.3 is 0 Å². The van der Waals surface area contributed by atoms with E-state index in [1.807, 2.05) is 13.1 Å². The van der Waals surface area contributed by atoms with Crippen LogP contribution < -0.4 is 10.6 Å². The van der Waals surface area contributed by atoms with Crippen molar-refractivity contribution in [1.29, 1.82) is 0 Å². The van der Waals surface area contributed by atoms with Gasteiger partial charge in [-0.25, -0.2) is 0 Å². The molecule has 1 aromatic heterocycles. The first-order valence-electron chi connectivity index (χ1n) is 10.2. The van der Waals surface area contributed by atoms with Gasteiger partial charge in [0.15, 0.2) is 0 Å². The molecule has 0 spiro atoms. The van der Waals surface area contributed by atoms with Crippen molar-refractivity contribution in [3.8, 4) is 0 Å². The molecule has 2 rings (SSSR count). The van der Waals surface area contributed by atoms with Crippen LogP contribution in [0.3, 0.4) is 0 Å². The molecule has 0 unspecified atom stereocenters. The summed E-state index contributed by atoms with van der Waals surface area (Å²) in [4.78, 5) is 36.8. The number of hydrogen-bond donors (Lipinski definition) is 2. The Morgan fingerprint density at radius 2 is 2.06 bits per heavy atom. The van der Waals surface area contributed by atoms with Crippen LogP contribution in [0.5, 0.6) is 0 Å². The number of aromatic nitrogens is 1. The molecule has 2 N–H and O–H groups in total. The van der Waals surface area contributed by atoms with E-state index in [9.17, 15) is 9.59 Å². The number of aliphatic imine (C=N–C) groups is 1. The van der Waals surface area contributed by atoms with E-state index in [0.717, 1.165) is 35.5 Å². The van der Waals surface area contributed by atoms with E-state index < -0.39 is 0 Å². The Balaban J connectivity index is 2.27. The molecular formula is C23H31N5O2S. The molecule has 0 saturated carbocycles. The van der Waals surface area contributed by atoms with E-state index in [2.05, 4.69) is 38.2 Å². The minimum absolute atomic E-state index is 0.198. The van der Waals surface area contributed by atoms with Gasteiger partial charge in [0, 0.05) is 42.5 Å². The lowest BCUT2D eigenvalue weighted by Crippen LogP contribution is -2.40. The molecule has 1 aliphatic heterocycles. The first-order chi connectivity index (χ1) is 14.8. The normalized spacial score (nSPS) is 22.7. The van der Waals surface area contributed by atoms with Crippen LogP contribution in [0.1, 0.15) is 31.5 Å². The predicted octanol–water partition coefficient (Wildman–Crippen LogP) is 2.77. The van der Waals surface area contributed by atoms with Crippen LogP contribution in [0.15, 0.2) is 52.7 Å². The minimum Gasteiger partial charge on any atom is -0.349 e. The molecule has 7 nitrogen and oxygen atoms in total. The third kappa shape index (κ3) is 7.48. The van der Waals surface area contributed by atoms with Crippen molar-refractivity contribution in [2.24, 2.45) is 4.99 Å². The van der Waals surface area contributed by atoms with E-state index in [-0.39, 0.29) is 17.5 Å². The molecule has 1 aliphatic rings. The fraction of sp³-hybridized carbons (Fsp3) is 0.391. The molecule has 0 saturated heterocycles. The zero-order chi connectivity index (χ0) is 22.8. The maximum atomic E-state index is 12.6. The number of likely N-dealkylation sites (N-methyl/N-ethyl adjacent to an activating group) is 1. The maximum absolute atomic E-state index is 12.6. The summed E-state index contributed by atoms with van der Waals surface area (Å²) in [6.45, 7) is 9.71. The average Bonchev–Trinajstić information content (AvgIpc) is 2.76. The van der Waals surface area contributed by atoms with Gasteiger partial charge < -0.3 is 15.5 Å². The standard InChI is InChI=1S/C23H31N5O2S/c1-6-20-21(24-4)23(30)26-11-13-28(5)12-7-8-19-14-18(9-10-25-19)17(3)31-15-16(2)22(29)27-20/h6,9-10,14-15H,3,7-8,11-13H2,1-2,4-5H3,(H,26,30)(H,27,29)/b16-15+,20-6+,24-21?. The molecule has 0 aromatic carbocycles. The number of amides is 2. The maximum Gasteiger partial charge on any atom is 0.271 e. The van der Waals surface area contributed by atoms with Crippen LogP contribution in [-0.2, 0) is 16.0 Å². The number of carbonyl (C=O) groups is 2. The highest BCUT2D eigenvalue weighted by atomic mass is 32.2. The van der Waals surface area contributed by atoms with Gasteiger partial charge in [-0.3, -0.25) is 19.6 Å². The second-order valence-corrected chi connectivity index (χ2v) is 8.23. The summed E-state index contributed by atoms with van der Waals surface area (Å²) in [6.07, 6.45) is 5.29. The molecule has 0 radical (unpaired) electrons. The number of thioether (sulfide) groups is 1. The Bertz CT molecular complexity index is 920. The topological polar surface area (TPSA) is 86.7 Å². The quantitative estimate of drug-likeness (QED) is 0.647. The monoisotopic (exact) mass is 441 g/mol. The highest BCUT2D eigenvalue weighted by Crippen LogP contribution is 2.28. The molecular weight excluding hydrogens is 410 g/mol. The van der Waals surface area contributed by atoms with Crippen molar-refractivity contribution in [3.63, 3.8) is 0 Å². The second kappa shape index (κ2) is 12.2. The number of aryl methyl sites for hydroxylation is 1. The van der Waals surface area contributed by atoms with Gasteiger partial charge in [-0.15, -0.1) is 0 Å². The summed E-state index contributed by atoms with van der Waals surface area (Å²) >= 11 is 1.39. The highest BCUT2D eigenvalue weighted by Gasteiger charge is 2.18. The smallest absolute Gasteiger partial charge is 0.271 e. The van der Waals surface area contributed by atoms with Crippen LogP contribution in [0.25, 0.3) is 4.91 Å². The van der Waals surface area contributed by atoms with E-state index in [0.29, 0.717) is 24.4 Å². The summed E-state index contributed by atoms with van der Waals surface area (Å²) in [7, 11) is 3.56. The number of allylic oxidation sites excluding steroid dienone is 1. The molecule has 31 heavy (non-hydrogen) atoms. The van der Waals surface area contributed by atoms with E-state index in [1.165, 1.54) is 18.8 Å². The molecule has 0 aliphatic carbocycles. The molecule has 0 atom stereocenters. The number of carbonyl (C=O) groups excluding carboxylic acids is 2. The molecule has 8 heteroatoms. The van der Waals surface area contributed by atoms with E-state index in [1.54, 1.807) is 31.5 Å². The first-order valence-corrected chi connectivity index (χ1v) is 11.1. The first kappa shape index (κ1) is 24.6. The van der Waals surface area contributed by atoms with Gasteiger partial charge in [0.1, 0.15) is 5.71 Å². The van der Waals surface area contributed by atoms with Crippen molar-refractivity contribution in [1.82, 2.24) is 20.5 Å². The molecule has 0 fully saturated rings. The van der Waals surface area contributed by atoms with Gasteiger partial charge in [0.2, 0.25) is 0 Å². The van der Waals surface area contributed by atoms with Gasteiger partial charge in [0.05, 0.1) is 5.70 Å². The van der Waals surface area contributed by atoms with Gasteiger partial charge in [0.25, 0.3) is 11.8 Å². The SMILES string of the molecule is C=C1S/C=C(\C)C(=O)N/C(=C/C)C(=NC)C(=O)NCCN(C)CCCc2cc1ccn2. The Labute approximate surface area is 188 Å². The number of hydrogen-bond acceptors (Lipinski definition) is 6. The van der Waals surface area contributed by atoms with Crippen molar-refractivity contribution < 1.29 is 9.59 Å². The van der Waals surface area contributed by atoms with Crippen LogP contribution in [0.4, 0.5) is 0 Å². The van der Waals surface area contributed by atoms with Gasteiger partial charge in [-0.2, -0.15) is 0 Å². The summed E-state index contributed by atoms with van der Waals surface area (Å²) < 4.78 is 0. The van der Waals surface area contributed by atoms with Crippen LogP contribution >= 0.6 is 11.8 Å². The van der Waals surface area contributed by atoms with Crippen LogP contribution in [0, 0.1) is 0 Å². The number of nitrogens with one attached hydrogen (secondary N) is 2. The molecule has 2 amide bonds. The zero-order valence-electron chi connectivity index (χ0n) is 18.7. The molecule has 2 bridgehead atoms. The van der Waals surface area contributed by atoms with Crippen molar-refractivity contribution in [2.45, 2.75) is 26.7 Å². The number of rotatable bonds is 0. The Morgan fingerprint density at radius 3 is 2.77 bits per heavy atom. The zero-order valence-corrected chi connectivity index (χ0v) is 19.5. The Hall–Kier alpha value is -2.71. The third-order valence-corrected chi connectivity index (χ3v) is 5.85. The molecule has 166 valence electrons. The van der Waals surface area contributed by atoms with Crippen LogP contribution in [0.2, 0.25) is 0 Å².